The molecule has 2 aromatic rings. The quantitative estimate of drug-likeness (QED) is 0.885. The third-order valence-electron chi connectivity index (χ3n) is 2.18. The van der Waals surface area contributed by atoms with Crippen molar-refractivity contribution < 1.29 is 8.42 Å². The summed E-state index contributed by atoms with van der Waals surface area (Å²) in [5.74, 6) is 0.276. The second-order valence-corrected chi connectivity index (χ2v) is 7.23. The molecule has 0 saturated heterocycles. The molecule has 2 N–H and O–H groups in total. The molecule has 0 saturated carbocycles. The fraction of sp³-hybridized carbons (Fsp3) is 0.375. The van der Waals surface area contributed by atoms with Gasteiger partial charge in [-0.15, -0.1) is 21.5 Å². The van der Waals surface area contributed by atoms with Gasteiger partial charge in [0.25, 0.3) is 10.0 Å². The predicted molar refractivity (Wildman–Crippen MR) is 67.0 cm³/mol. The summed E-state index contributed by atoms with van der Waals surface area (Å²) in [6.07, 6.45) is 0. The number of nitrogens with zero attached hydrogens (tertiary/aromatic N) is 3. The average molecular weight is 308 g/mol. The van der Waals surface area contributed by atoms with Crippen LogP contribution in [0, 0.1) is 6.92 Å². The van der Waals surface area contributed by atoms with E-state index in [0.29, 0.717) is 4.34 Å². The molecule has 7 nitrogen and oxygen atoms in total. The van der Waals surface area contributed by atoms with Crippen LogP contribution in [0.4, 0.5) is 0 Å². The van der Waals surface area contributed by atoms with Crippen molar-refractivity contribution in [1.29, 1.82) is 0 Å². The normalized spacial score (nSPS) is 13.7. The number of aromatic nitrogens is 4. The van der Waals surface area contributed by atoms with Crippen LogP contribution in [0.15, 0.2) is 10.3 Å². The van der Waals surface area contributed by atoms with Gasteiger partial charge in [0.1, 0.15) is 4.21 Å². The highest BCUT2D eigenvalue weighted by atomic mass is 35.5. The van der Waals surface area contributed by atoms with Crippen LogP contribution in [0.3, 0.4) is 0 Å². The van der Waals surface area contributed by atoms with Crippen LogP contribution in [-0.4, -0.2) is 29.0 Å². The highest BCUT2D eigenvalue weighted by molar-refractivity contribution is 7.91. The number of aromatic amines is 1. The van der Waals surface area contributed by atoms with Crippen molar-refractivity contribution in [2.75, 3.05) is 0 Å². The summed E-state index contributed by atoms with van der Waals surface area (Å²) in [7, 11) is -3.62. The minimum Gasteiger partial charge on any atom is -0.206 e. The largest absolute Gasteiger partial charge is 0.250 e. The first-order valence-corrected chi connectivity index (χ1v) is 7.59. The Balaban J connectivity index is 2.22. The van der Waals surface area contributed by atoms with E-state index >= 15 is 0 Å². The lowest BCUT2D eigenvalue weighted by Gasteiger charge is -2.08. The number of H-pyrrole nitrogens is 1. The first kappa shape index (κ1) is 13.4. The predicted octanol–water partition coefficient (Wildman–Crippen LogP) is 1.26. The number of thiophene rings is 1. The third-order valence-corrected chi connectivity index (χ3v) is 5.75. The van der Waals surface area contributed by atoms with E-state index in [1.807, 2.05) is 0 Å². The molecule has 0 aliphatic carbocycles. The molecule has 10 heteroatoms. The zero-order valence-corrected chi connectivity index (χ0v) is 11.9. The first-order chi connectivity index (χ1) is 8.40. The van der Waals surface area contributed by atoms with E-state index < -0.39 is 16.1 Å². The molecule has 0 aromatic carbocycles. The van der Waals surface area contributed by atoms with Crippen LogP contribution in [0.25, 0.3) is 0 Å². The molecular weight excluding hydrogens is 298 g/mol. The van der Waals surface area contributed by atoms with Gasteiger partial charge in [0.2, 0.25) is 0 Å². The lowest BCUT2D eigenvalue weighted by Crippen LogP contribution is -2.27. The van der Waals surface area contributed by atoms with E-state index in [0.717, 1.165) is 16.9 Å². The van der Waals surface area contributed by atoms with Gasteiger partial charge in [0.15, 0.2) is 5.82 Å². The second-order valence-electron chi connectivity index (χ2n) is 3.64. The first-order valence-electron chi connectivity index (χ1n) is 4.92. The van der Waals surface area contributed by atoms with Crippen molar-refractivity contribution in [3.8, 4) is 0 Å². The molecular formula is C8H10ClN5O2S2. The molecule has 0 radical (unpaired) electrons. The summed E-state index contributed by atoms with van der Waals surface area (Å²) in [4.78, 5) is 0. The van der Waals surface area contributed by atoms with Gasteiger partial charge < -0.3 is 0 Å². The number of sulfonamides is 1. The average Bonchev–Trinajstić information content (AvgIpc) is 2.89. The van der Waals surface area contributed by atoms with Gasteiger partial charge in [-0.25, -0.2) is 8.42 Å². The van der Waals surface area contributed by atoms with Gasteiger partial charge in [0, 0.05) is 0 Å². The Bertz CT molecular complexity index is 617. The van der Waals surface area contributed by atoms with Gasteiger partial charge in [-0.3, -0.25) is 0 Å². The molecule has 2 aromatic heterocycles. The Morgan fingerprint density at radius 1 is 1.56 bits per heavy atom. The van der Waals surface area contributed by atoms with Gasteiger partial charge in [0.05, 0.1) is 10.4 Å². The molecule has 1 atom stereocenters. The lowest BCUT2D eigenvalue weighted by molar-refractivity contribution is 0.562. The molecule has 0 aliphatic rings. The van der Waals surface area contributed by atoms with E-state index in [-0.39, 0.29) is 10.0 Å². The van der Waals surface area contributed by atoms with Crippen molar-refractivity contribution in [2.45, 2.75) is 24.1 Å². The summed E-state index contributed by atoms with van der Waals surface area (Å²) >= 11 is 6.87. The van der Waals surface area contributed by atoms with E-state index in [4.69, 9.17) is 11.6 Å². The van der Waals surface area contributed by atoms with Crippen LogP contribution in [0.1, 0.15) is 24.4 Å². The van der Waals surface area contributed by atoms with Crippen LogP contribution in [-0.2, 0) is 10.0 Å². The molecule has 0 amide bonds. The molecule has 0 fully saturated rings. The van der Waals surface area contributed by atoms with Gasteiger partial charge >= 0.3 is 0 Å². The topological polar surface area (TPSA) is 101 Å². The molecule has 98 valence electrons. The molecule has 1 unspecified atom stereocenters. The standard InChI is InChI=1S/C8H10ClN5O2S2/c1-4-3-6(17-7(4)9)18(15,16)12-5(2)8-10-13-14-11-8/h3,5,12H,1-2H3,(H,10,11,13,14). The number of halogens is 1. The highest BCUT2D eigenvalue weighted by Crippen LogP contribution is 2.30. The Kier molecular flexibility index (Phi) is 3.66. The maximum absolute atomic E-state index is 12.1. The van der Waals surface area contributed by atoms with E-state index in [1.54, 1.807) is 13.8 Å². The zero-order valence-electron chi connectivity index (χ0n) is 9.51. The number of hydrogen-bond acceptors (Lipinski definition) is 6. The van der Waals surface area contributed by atoms with Crippen LogP contribution in [0.5, 0.6) is 0 Å². The van der Waals surface area contributed by atoms with Crippen molar-refractivity contribution >= 4 is 33.0 Å². The maximum atomic E-state index is 12.1. The minimum absolute atomic E-state index is 0.167. The SMILES string of the molecule is Cc1cc(S(=O)(=O)NC(C)c2nn[nH]n2)sc1Cl. The Labute approximate surface area is 113 Å². The fourth-order valence-electron chi connectivity index (χ4n) is 1.26. The van der Waals surface area contributed by atoms with Crippen molar-refractivity contribution in [3.05, 3.63) is 21.8 Å². The number of tetrazole rings is 1. The van der Waals surface area contributed by atoms with Crippen LogP contribution < -0.4 is 4.72 Å². The Morgan fingerprint density at radius 3 is 2.78 bits per heavy atom. The monoisotopic (exact) mass is 307 g/mol. The highest BCUT2D eigenvalue weighted by Gasteiger charge is 2.23. The van der Waals surface area contributed by atoms with Gasteiger partial charge in [-0.2, -0.15) is 9.94 Å². The summed E-state index contributed by atoms with van der Waals surface area (Å²) in [5, 5.41) is 13.1. The van der Waals surface area contributed by atoms with Crippen LogP contribution in [0.2, 0.25) is 4.34 Å². The Hall–Kier alpha value is -1.03. The summed E-state index contributed by atoms with van der Waals surface area (Å²) in [6, 6.07) is 0.952. The van der Waals surface area contributed by atoms with E-state index in [2.05, 4.69) is 25.3 Å². The van der Waals surface area contributed by atoms with E-state index in [1.165, 1.54) is 6.07 Å². The third kappa shape index (κ3) is 2.69. The lowest BCUT2D eigenvalue weighted by atomic mass is 10.4. The number of hydrogen-bond donors (Lipinski definition) is 2. The smallest absolute Gasteiger partial charge is 0.206 e. The molecule has 0 aliphatic heterocycles. The molecule has 0 bridgehead atoms. The molecule has 2 rings (SSSR count). The summed E-state index contributed by atoms with van der Waals surface area (Å²) in [6.45, 7) is 3.38. The van der Waals surface area contributed by atoms with Crippen molar-refractivity contribution in [2.24, 2.45) is 0 Å². The maximum Gasteiger partial charge on any atom is 0.250 e. The summed E-state index contributed by atoms with van der Waals surface area (Å²) in [5.41, 5.74) is 0.731. The van der Waals surface area contributed by atoms with Gasteiger partial charge in [-0.05, 0) is 25.5 Å². The zero-order chi connectivity index (χ0) is 13.3. The minimum atomic E-state index is -3.62. The fourth-order valence-corrected chi connectivity index (χ4v) is 4.19. The second kappa shape index (κ2) is 4.92. The Morgan fingerprint density at radius 2 is 2.28 bits per heavy atom. The van der Waals surface area contributed by atoms with Gasteiger partial charge in [-0.1, -0.05) is 16.8 Å². The van der Waals surface area contributed by atoms with Crippen molar-refractivity contribution in [3.63, 3.8) is 0 Å². The van der Waals surface area contributed by atoms with Crippen molar-refractivity contribution in [1.82, 2.24) is 25.3 Å². The molecule has 18 heavy (non-hydrogen) atoms. The molecule has 0 spiro atoms. The number of nitrogens with one attached hydrogen (secondary N) is 2. The van der Waals surface area contributed by atoms with E-state index in [9.17, 15) is 8.42 Å². The molecule has 2 heterocycles. The number of rotatable bonds is 4. The van der Waals surface area contributed by atoms with Crippen LogP contribution >= 0.6 is 22.9 Å². The number of aryl methyl sites for hydroxylation is 1. The summed E-state index contributed by atoms with van der Waals surface area (Å²) < 4.78 is 27.2.